The van der Waals surface area contributed by atoms with Crippen LogP contribution in [0.25, 0.3) is 0 Å². The highest BCUT2D eigenvalue weighted by atomic mass is 79.9. The summed E-state index contributed by atoms with van der Waals surface area (Å²) in [5.74, 6) is 0.132. The first-order chi connectivity index (χ1) is 11.1. The van der Waals surface area contributed by atoms with Gasteiger partial charge in [-0.2, -0.15) is 0 Å². The number of nitrogens with one attached hydrogen (secondary N) is 1. The van der Waals surface area contributed by atoms with Crippen molar-refractivity contribution in [1.82, 2.24) is 10.2 Å². The number of hydrogen-bond acceptors (Lipinski definition) is 3. The lowest BCUT2D eigenvalue weighted by atomic mass is 10.1. The highest BCUT2D eigenvalue weighted by Crippen LogP contribution is 2.22. The van der Waals surface area contributed by atoms with E-state index in [0.29, 0.717) is 25.1 Å². The molecule has 0 bridgehead atoms. The summed E-state index contributed by atoms with van der Waals surface area (Å²) in [6.07, 6.45) is 1.59. The van der Waals surface area contributed by atoms with E-state index in [1.54, 1.807) is 11.3 Å². The number of carbonyl (C=O) groups excluding carboxylic acids is 2. The average Bonchev–Trinajstić information content (AvgIpc) is 3.14. The van der Waals surface area contributed by atoms with Crippen LogP contribution >= 0.6 is 27.3 Å². The zero-order valence-electron chi connectivity index (χ0n) is 12.5. The Morgan fingerprint density at radius 2 is 2.00 bits per heavy atom. The van der Waals surface area contributed by atoms with Gasteiger partial charge >= 0.3 is 0 Å². The number of likely N-dealkylation sites (tertiary alicyclic amines) is 1. The standard InChI is InChI=1S/C17H17BrN2O2S/c18-15-8-7-14(23-15)10-19-17(22)13-5-3-12(4-6-13)11-20-9-1-2-16(20)21/h3-8H,1-2,9-11H2,(H,19,22). The van der Waals surface area contributed by atoms with E-state index >= 15 is 0 Å². The molecule has 0 spiro atoms. The minimum absolute atomic E-state index is 0.0849. The Morgan fingerprint density at radius 1 is 1.22 bits per heavy atom. The van der Waals surface area contributed by atoms with E-state index in [1.165, 1.54) is 0 Å². The Bertz CT molecular complexity index is 712. The number of amides is 2. The van der Waals surface area contributed by atoms with Crippen LogP contribution < -0.4 is 5.32 Å². The van der Waals surface area contributed by atoms with Gasteiger partial charge in [0.05, 0.1) is 10.3 Å². The maximum atomic E-state index is 12.1. The first kappa shape index (κ1) is 16.2. The van der Waals surface area contributed by atoms with E-state index in [4.69, 9.17) is 0 Å². The second kappa shape index (κ2) is 7.27. The molecule has 1 aliphatic heterocycles. The van der Waals surface area contributed by atoms with Crippen LogP contribution in [0, 0.1) is 0 Å². The molecular formula is C17H17BrN2O2S. The van der Waals surface area contributed by atoms with Crippen molar-refractivity contribution in [2.75, 3.05) is 6.54 Å². The summed E-state index contributed by atoms with van der Waals surface area (Å²) in [7, 11) is 0. The molecule has 3 rings (SSSR count). The van der Waals surface area contributed by atoms with Crippen molar-refractivity contribution in [2.45, 2.75) is 25.9 Å². The first-order valence-corrected chi connectivity index (χ1v) is 9.12. The largest absolute Gasteiger partial charge is 0.347 e. The summed E-state index contributed by atoms with van der Waals surface area (Å²) in [4.78, 5) is 26.8. The molecule has 1 aromatic heterocycles. The molecular weight excluding hydrogens is 376 g/mol. The fraction of sp³-hybridized carbons (Fsp3) is 0.294. The molecule has 6 heteroatoms. The molecule has 23 heavy (non-hydrogen) atoms. The second-order valence-electron chi connectivity index (χ2n) is 5.50. The zero-order valence-corrected chi connectivity index (χ0v) is 15.0. The number of nitrogens with zero attached hydrogens (tertiary/aromatic N) is 1. The minimum atomic E-state index is -0.0849. The van der Waals surface area contributed by atoms with Crippen molar-refractivity contribution in [3.63, 3.8) is 0 Å². The summed E-state index contributed by atoms with van der Waals surface area (Å²) in [6, 6.07) is 11.4. The Labute approximate surface area is 147 Å². The molecule has 0 atom stereocenters. The van der Waals surface area contributed by atoms with E-state index in [0.717, 1.165) is 27.2 Å². The summed E-state index contributed by atoms with van der Waals surface area (Å²) < 4.78 is 1.06. The summed E-state index contributed by atoms with van der Waals surface area (Å²) in [5.41, 5.74) is 1.69. The molecule has 1 fully saturated rings. The lowest BCUT2D eigenvalue weighted by Gasteiger charge is -2.15. The predicted octanol–water partition coefficient (Wildman–Crippen LogP) is 3.56. The van der Waals surface area contributed by atoms with Gasteiger partial charge in [0.15, 0.2) is 0 Å². The van der Waals surface area contributed by atoms with Crippen LogP contribution in [0.1, 0.15) is 33.6 Å². The number of rotatable bonds is 5. The monoisotopic (exact) mass is 392 g/mol. The quantitative estimate of drug-likeness (QED) is 0.845. The van der Waals surface area contributed by atoms with Gasteiger partial charge in [-0.25, -0.2) is 0 Å². The molecule has 0 unspecified atom stereocenters. The number of benzene rings is 1. The molecule has 0 radical (unpaired) electrons. The van der Waals surface area contributed by atoms with Crippen molar-refractivity contribution in [3.05, 3.63) is 56.2 Å². The minimum Gasteiger partial charge on any atom is -0.347 e. The van der Waals surface area contributed by atoms with Crippen molar-refractivity contribution < 1.29 is 9.59 Å². The van der Waals surface area contributed by atoms with Gasteiger partial charge in [0, 0.05) is 30.0 Å². The first-order valence-electron chi connectivity index (χ1n) is 7.51. The SMILES string of the molecule is O=C(NCc1ccc(Br)s1)c1ccc(CN2CCCC2=O)cc1. The highest BCUT2D eigenvalue weighted by molar-refractivity contribution is 9.11. The van der Waals surface area contributed by atoms with Crippen LogP contribution in [0.4, 0.5) is 0 Å². The van der Waals surface area contributed by atoms with Crippen LogP contribution in [0.2, 0.25) is 0 Å². The summed E-state index contributed by atoms with van der Waals surface area (Å²) >= 11 is 5.02. The molecule has 2 aromatic rings. The fourth-order valence-corrected chi connectivity index (χ4v) is 3.99. The number of halogens is 1. The third kappa shape index (κ3) is 4.20. The van der Waals surface area contributed by atoms with Gasteiger partial charge in [0.25, 0.3) is 5.91 Å². The molecule has 4 nitrogen and oxygen atoms in total. The molecule has 0 saturated carbocycles. The second-order valence-corrected chi connectivity index (χ2v) is 8.05. The van der Waals surface area contributed by atoms with Crippen molar-refractivity contribution in [2.24, 2.45) is 0 Å². The van der Waals surface area contributed by atoms with Gasteiger partial charge < -0.3 is 10.2 Å². The zero-order chi connectivity index (χ0) is 16.2. The van der Waals surface area contributed by atoms with E-state index in [2.05, 4.69) is 21.2 Å². The predicted molar refractivity (Wildman–Crippen MR) is 94.3 cm³/mol. The van der Waals surface area contributed by atoms with Gasteiger partial charge in [-0.3, -0.25) is 9.59 Å². The van der Waals surface area contributed by atoms with E-state index in [1.807, 2.05) is 41.3 Å². The van der Waals surface area contributed by atoms with Crippen LogP contribution in [0.15, 0.2) is 40.2 Å². The van der Waals surface area contributed by atoms with Gasteiger partial charge in [-0.15, -0.1) is 11.3 Å². The molecule has 120 valence electrons. The van der Waals surface area contributed by atoms with Gasteiger partial charge in [-0.05, 0) is 52.2 Å². The lowest BCUT2D eigenvalue weighted by molar-refractivity contribution is -0.128. The average molecular weight is 393 g/mol. The maximum absolute atomic E-state index is 12.1. The maximum Gasteiger partial charge on any atom is 0.251 e. The Balaban J connectivity index is 1.55. The molecule has 0 aliphatic carbocycles. The van der Waals surface area contributed by atoms with Crippen LogP contribution in [0.5, 0.6) is 0 Å². The lowest BCUT2D eigenvalue weighted by Crippen LogP contribution is -2.24. The number of thiophene rings is 1. The molecule has 2 heterocycles. The van der Waals surface area contributed by atoms with Crippen LogP contribution in [0.3, 0.4) is 0 Å². The topological polar surface area (TPSA) is 49.4 Å². The molecule has 2 amide bonds. The fourth-order valence-electron chi connectivity index (χ4n) is 2.57. The van der Waals surface area contributed by atoms with E-state index in [-0.39, 0.29) is 11.8 Å². The van der Waals surface area contributed by atoms with Gasteiger partial charge in [0.1, 0.15) is 0 Å². The third-order valence-electron chi connectivity index (χ3n) is 3.81. The number of carbonyl (C=O) groups is 2. The van der Waals surface area contributed by atoms with Crippen molar-refractivity contribution >= 4 is 39.1 Å². The normalized spacial score (nSPS) is 14.3. The Hall–Kier alpha value is -1.66. The molecule has 1 saturated heterocycles. The smallest absolute Gasteiger partial charge is 0.251 e. The van der Waals surface area contributed by atoms with Gasteiger partial charge in [0.2, 0.25) is 5.91 Å². The van der Waals surface area contributed by atoms with Crippen molar-refractivity contribution in [3.8, 4) is 0 Å². The van der Waals surface area contributed by atoms with E-state index < -0.39 is 0 Å². The third-order valence-corrected chi connectivity index (χ3v) is 5.44. The molecule has 1 aliphatic rings. The summed E-state index contributed by atoms with van der Waals surface area (Å²) in [5, 5.41) is 2.91. The van der Waals surface area contributed by atoms with E-state index in [9.17, 15) is 9.59 Å². The van der Waals surface area contributed by atoms with Crippen LogP contribution in [-0.2, 0) is 17.9 Å². The van der Waals surface area contributed by atoms with Crippen LogP contribution in [-0.4, -0.2) is 23.3 Å². The highest BCUT2D eigenvalue weighted by Gasteiger charge is 2.19. The summed E-state index contributed by atoms with van der Waals surface area (Å²) in [6.45, 7) is 1.99. The molecule has 1 aromatic carbocycles. The Kier molecular flexibility index (Phi) is 5.13. The number of hydrogen-bond donors (Lipinski definition) is 1. The Morgan fingerprint density at radius 3 is 2.61 bits per heavy atom. The van der Waals surface area contributed by atoms with Crippen molar-refractivity contribution in [1.29, 1.82) is 0 Å². The van der Waals surface area contributed by atoms with Gasteiger partial charge in [-0.1, -0.05) is 12.1 Å². The molecule has 1 N–H and O–H groups in total.